The summed E-state index contributed by atoms with van der Waals surface area (Å²) in [5, 5.41) is 1.90. The third-order valence-corrected chi connectivity index (χ3v) is 5.27. The number of aryl methyl sites for hydroxylation is 1. The first-order chi connectivity index (χ1) is 12.0. The maximum absolute atomic E-state index is 12.9. The standard InChI is InChI=1S/C18H21ClN4OS/c1-12(2)6-8-23-17(24)14-5-4-13(19)10-15(14)21-18(23)25-11-16-20-7-9-22(16)3/h4-5,7,9-10,12H,6,8,11H2,1-3H3. The Morgan fingerprint density at radius 1 is 1.32 bits per heavy atom. The van der Waals surface area contributed by atoms with E-state index in [2.05, 4.69) is 18.8 Å². The van der Waals surface area contributed by atoms with Gasteiger partial charge in [0.05, 0.1) is 16.7 Å². The van der Waals surface area contributed by atoms with Crippen molar-refractivity contribution in [3.63, 3.8) is 0 Å². The van der Waals surface area contributed by atoms with Crippen LogP contribution in [0.1, 0.15) is 26.1 Å². The van der Waals surface area contributed by atoms with Crippen LogP contribution in [0.3, 0.4) is 0 Å². The average molecular weight is 377 g/mol. The number of nitrogens with zero attached hydrogens (tertiary/aromatic N) is 4. The molecule has 3 rings (SSSR count). The van der Waals surface area contributed by atoms with Crippen LogP contribution in [0.25, 0.3) is 10.9 Å². The van der Waals surface area contributed by atoms with Crippen LogP contribution < -0.4 is 5.56 Å². The summed E-state index contributed by atoms with van der Waals surface area (Å²) in [6.07, 6.45) is 4.61. The van der Waals surface area contributed by atoms with Crippen LogP contribution in [0.15, 0.2) is 40.5 Å². The molecule has 0 saturated heterocycles. The molecule has 0 bridgehead atoms. The van der Waals surface area contributed by atoms with Crippen molar-refractivity contribution >= 4 is 34.3 Å². The summed E-state index contributed by atoms with van der Waals surface area (Å²) in [7, 11) is 1.96. The van der Waals surface area contributed by atoms with Crippen LogP contribution in [0.5, 0.6) is 0 Å². The van der Waals surface area contributed by atoms with Crippen LogP contribution in [0.2, 0.25) is 5.02 Å². The highest BCUT2D eigenvalue weighted by Gasteiger charge is 2.13. The van der Waals surface area contributed by atoms with Crippen LogP contribution in [-0.2, 0) is 19.3 Å². The molecule has 0 aliphatic rings. The molecule has 0 aliphatic carbocycles. The lowest BCUT2D eigenvalue weighted by Gasteiger charge is -2.14. The van der Waals surface area contributed by atoms with Gasteiger partial charge in [-0.2, -0.15) is 0 Å². The molecule has 25 heavy (non-hydrogen) atoms. The van der Waals surface area contributed by atoms with Crippen LogP contribution in [-0.4, -0.2) is 19.1 Å². The van der Waals surface area contributed by atoms with Crippen molar-refractivity contribution in [2.24, 2.45) is 13.0 Å². The molecule has 0 fully saturated rings. The fourth-order valence-corrected chi connectivity index (χ4v) is 3.73. The van der Waals surface area contributed by atoms with Crippen molar-refractivity contribution in [1.82, 2.24) is 19.1 Å². The average Bonchev–Trinajstić information content (AvgIpc) is 2.96. The smallest absolute Gasteiger partial charge is 0.262 e. The number of hydrogen-bond acceptors (Lipinski definition) is 4. The van der Waals surface area contributed by atoms with Crippen LogP contribution in [0, 0.1) is 5.92 Å². The number of halogens is 1. The molecule has 1 aromatic carbocycles. The van der Waals surface area contributed by atoms with E-state index in [0.29, 0.717) is 39.3 Å². The monoisotopic (exact) mass is 376 g/mol. The molecular weight excluding hydrogens is 356 g/mol. The number of rotatable bonds is 6. The van der Waals surface area contributed by atoms with E-state index in [9.17, 15) is 4.79 Å². The zero-order valence-electron chi connectivity index (χ0n) is 14.6. The molecule has 0 radical (unpaired) electrons. The Morgan fingerprint density at radius 3 is 2.80 bits per heavy atom. The van der Waals surface area contributed by atoms with Gasteiger partial charge in [0, 0.05) is 31.0 Å². The molecule has 7 heteroatoms. The predicted molar refractivity (Wildman–Crippen MR) is 103 cm³/mol. The first-order valence-corrected chi connectivity index (χ1v) is 9.61. The Bertz CT molecular complexity index is 948. The third-order valence-electron chi connectivity index (χ3n) is 4.06. The quantitative estimate of drug-likeness (QED) is 0.479. The number of thioether (sulfide) groups is 1. The Labute approximate surface area is 156 Å². The topological polar surface area (TPSA) is 52.7 Å². The van der Waals surface area contributed by atoms with E-state index in [4.69, 9.17) is 16.6 Å². The van der Waals surface area contributed by atoms with Gasteiger partial charge in [-0.05, 0) is 30.5 Å². The van der Waals surface area contributed by atoms with E-state index in [-0.39, 0.29) is 5.56 Å². The van der Waals surface area contributed by atoms with E-state index < -0.39 is 0 Å². The lowest BCUT2D eigenvalue weighted by atomic mass is 10.1. The number of hydrogen-bond donors (Lipinski definition) is 0. The van der Waals surface area contributed by atoms with Gasteiger partial charge < -0.3 is 4.57 Å². The van der Waals surface area contributed by atoms with Crippen LogP contribution in [0.4, 0.5) is 0 Å². The predicted octanol–water partition coefficient (Wildman–Crippen LogP) is 4.12. The van der Waals surface area contributed by atoms with Gasteiger partial charge in [0.15, 0.2) is 5.16 Å². The van der Waals surface area contributed by atoms with Gasteiger partial charge in [0.25, 0.3) is 5.56 Å². The summed E-state index contributed by atoms with van der Waals surface area (Å²) in [5.74, 6) is 2.12. The van der Waals surface area contributed by atoms with Gasteiger partial charge in [-0.25, -0.2) is 9.97 Å². The molecular formula is C18H21ClN4OS. The third kappa shape index (κ3) is 4.07. The molecule has 2 aromatic heterocycles. The van der Waals surface area contributed by atoms with Crippen molar-refractivity contribution in [1.29, 1.82) is 0 Å². The second-order valence-electron chi connectivity index (χ2n) is 6.44. The molecule has 132 valence electrons. The number of benzene rings is 1. The fraction of sp³-hybridized carbons (Fsp3) is 0.389. The molecule has 0 unspecified atom stereocenters. The van der Waals surface area contributed by atoms with Crippen molar-refractivity contribution in [3.05, 3.63) is 51.8 Å². The number of fused-ring (bicyclic) bond motifs is 1. The van der Waals surface area contributed by atoms with Crippen molar-refractivity contribution in [2.45, 2.75) is 37.7 Å². The van der Waals surface area contributed by atoms with Crippen molar-refractivity contribution in [3.8, 4) is 0 Å². The molecule has 0 atom stereocenters. The molecule has 0 amide bonds. The fourth-order valence-electron chi connectivity index (χ4n) is 2.53. The highest BCUT2D eigenvalue weighted by Crippen LogP contribution is 2.23. The van der Waals surface area contributed by atoms with Gasteiger partial charge in [-0.15, -0.1) is 0 Å². The zero-order valence-corrected chi connectivity index (χ0v) is 16.1. The summed E-state index contributed by atoms with van der Waals surface area (Å²) in [4.78, 5) is 22.0. The van der Waals surface area contributed by atoms with Gasteiger partial charge in [-0.3, -0.25) is 9.36 Å². The first kappa shape index (κ1) is 18.0. The Kier molecular flexibility index (Phi) is 5.49. The van der Waals surface area contributed by atoms with Gasteiger partial charge in [0.1, 0.15) is 5.82 Å². The maximum Gasteiger partial charge on any atom is 0.262 e. The second-order valence-corrected chi connectivity index (χ2v) is 7.82. The summed E-state index contributed by atoms with van der Waals surface area (Å²) in [6.45, 7) is 4.96. The van der Waals surface area contributed by atoms with Gasteiger partial charge in [0.2, 0.25) is 0 Å². The van der Waals surface area contributed by atoms with Crippen molar-refractivity contribution < 1.29 is 0 Å². The van der Waals surface area contributed by atoms with E-state index in [0.717, 1.165) is 12.2 Å². The van der Waals surface area contributed by atoms with Crippen LogP contribution >= 0.6 is 23.4 Å². The van der Waals surface area contributed by atoms with Crippen molar-refractivity contribution in [2.75, 3.05) is 0 Å². The molecule has 3 aromatic rings. The molecule has 0 saturated carbocycles. The Morgan fingerprint density at radius 2 is 2.12 bits per heavy atom. The Balaban J connectivity index is 2.01. The number of aromatic nitrogens is 4. The minimum absolute atomic E-state index is 0.00958. The van der Waals surface area contributed by atoms with E-state index in [1.54, 1.807) is 29.0 Å². The van der Waals surface area contributed by atoms with E-state index in [1.807, 2.05) is 17.8 Å². The summed E-state index contributed by atoms with van der Waals surface area (Å²) >= 11 is 7.61. The SMILES string of the molecule is CC(C)CCn1c(SCc2nccn2C)nc2cc(Cl)ccc2c1=O. The molecule has 0 aliphatic heterocycles. The summed E-state index contributed by atoms with van der Waals surface area (Å²) in [5.41, 5.74) is 0.630. The highest BCUT2D eigenvalue weighted by atomic mass is 35.5. The summed E-state index contributed by atoms with van der Waals surface area (Å²) in [6, 6.07) is 5.24. The summed E-state index contributed by atoms with van der Waals surface area (Å²) < 4.78 is 3.76. The molecule has 2 heterocycles. The molecule has 0 spiro atoms. The first-order valence-electron chi connectivity index (χ1n) is 8.25. The van der Waals surface area contributed by atoms with Gasteiger partial charge >= 0.3 is 0 Å². The largest absolute Gasteiger partial charge is 0.337 e. The maximum atomic E-state index is 12.9. The lowest BCUT2D eigenvalue weighted by molar-refractivity contribution is 0.481. The normalized spacial score (nSPS) is 11.6. The Hall–Kier alpha value is -1.79. The lowest BCUT2D eigenvalue weighted by Crippen LogP contribution is -2.24. The highest BCUT2D eigenvalue weighted by molar-refractivity contribution is 7.98. The zero-order chi connectivity index (χ0) is 18.0. The second kappa shape index (κ2) is 7.62. The molecule has 5 nitrogen and oxygen atoms in total. The van der Waals surface area contributed by atoms with E-state index in [1.165, 1.54) is 11.8 Å². The number of imidazole rings is 1. The minimum Gasteiger partial charge on any atom is -0.337 e. The minimum atomic E-state index is -0.00958. The van der Waals surface area contributed by atoms with Gasteiger partial charge in [-0.1, -0.05) is 37.2 Å². The van der Waals surface area contributed by atoms with E-state index >= 15 is 0 Å². The molecule has 0 N–H and O–H groups in total.